The Kier molecular flexibility index (Phi) is 6.21. The third-order valence-corrected chi connectivity index (χ3v) is 3.53. The molecule has 0 aromatic carbocycles. The van der Waals surface area contributed by atoms with Gasteiger partial charge in [0.2, 0.25) is 0 Å². The molecule has 0 unspecified atom stereocenters. The molecular formula is C17H22N2O6. The molecule has 0 saturated carbocycles. The molecule has 0 spiro atoms. The number of rotatable bonds is 7. The van der Waals surface area contributed by atoms with Crippen LogP contribution in [0.4, 0.5) is 4.79 Å². The van der Waals surface area contributed by atoms with Crippen LogP contribution in [0.25, 0.3) is 0 Å². The highest BCUT2D eigenvalue weighted by Crippen LogP contribution is 2.29. The minimum absolute atomic E-state index is 0.153. The molecule has 0 saturated heterocycles. The van der Waals surface area contributed by atoms with Crippen LogP contribution in [-0.2, 0) is 19.1 Å². The monoisotopic (exact) mass is 350 g/mol. The average Bonchev–Trinajstić information content (AvgIpc) is 2.99. The maximum Gasteiger partial charge on any atom is 0.338 e. The van der Waals surface area contributed by atoms with Crippen LogP contribution in [0.1, 0.15) is 44.3 Å². The fourth-order valence-corrected chi connectivity index (χ4v) is 2.43. The van der Waals surface area contributed by atoms with Gasteiger partial charge in [0.05, 0.1) is 17.9 Å². The maximum atomic E-state index is 12.4. The maximum absolute atomic E-state index is 12.4. The van der Waals surface area contributed by atoms with Crippen LogP contribution in [-0.4, -0.2) is 31.2 Å². The highest BCUT2D eigenvalue weighted by Gasteiger charge is 2.35. The van der Waals surface area contributed by atoms with Crippen LogP contribution >= 0.6 is 0 Å². The summed E-state index contributed by atoms with van der Waals surface area (Å²) in [5, 5.41) is 5.15. The highest BCUT2D eigenvalue weighted by atomic mass is 16.5. The van der Waals surface area contributed by atoms with Crippen molar-refractivity contribution < 1.29 is 28.3 Å². The van der Waals surface area contributed by atoms with Gasteiger partial charge in [-0.3, -0.25) is 4.79 Å². The minimum Gasteiger partial charge on any atom is -0.464 e. The van der Waals surface area contributed by atoms with E-state index in [0.717, 1.165) is 0 Å². The Hall–Kier alpha value is -2.77. The van der Waals surface area contributed by atoms with Crippen LogP contribution in [0.5, 0.6) is 0 Å². The van der Waals surface area contributed by atoms with Crippen LogP contribution in [0, 0.1) is 6.92 Å². The summed E-state index contributed by atoms with van der Waals surface area (Å²) in [5.41, 5.74) is 0.339. The fraction of sp³-hybridized carbons (Fsp3) is 0.471. The second-order valence-electron chi connectivity index (χ2n) is 5.50. The molecule has 2 N–H and O–H groups in total. The van der Waals surface area contributed by atoms with Crippen molar-refractivity contribution in [1.82, 2.24) is 10.6 Å². The zero-order valence-electron chi connectivity index (χ0n) is 14.5. The van der Waals surface area contributed by atoms with Crippen molar-refractivity contribution in [3.63, 3.8) is 0 Å². The van der Waals surface area contributed by atoms with E-state index in [1.165, 1.54) is 0 Å². The van der Waals surface area contributed by atoms with Crippen LogP contribution in [0.15, 0.2) is 27.8 Å². The predicted octanol–water partition coefficient (Wildman–Crippen LogP) is 2.10. The molecule has 1 aromatic heterocycles. The Morgan fingerprint density at radius 2 is 2.00 bits per heavy atom. The van der Waals surface area contributed by atoms with Crippen molar-refractivity contribution in [2.75, 3.05) is 13.2 Å². The molecule has 1 atom stereocenters. The number of ether oxygens (including phenoxy) is 2. The Balaban J connectivity index is 2.36. The molecule has 2 amide bonds. The lowest BCUT2D eigenvalue weighted by Crippen LogP contribution is -2.47. The Labute approximate surface area is 145 Å². The lowest BCUT2D eigenvalue weighted by Gasteiger charge is -2.27. The zero-order chi connectivity index (χ0) is 18.4. The summed E-state index contributed by atoms with van der Waals surface area (Å²) in [5.74, 6) is 0.0154. The second kappa shape index (κ2) is 8.36. The topological polar surface area (TPSA) is 107 Å². The van der Waals surface area contributed by atoms with Crippen molar-refractivity contribution in [3.8, 4) is 0 Å². The lowest BCUT2D eigenvalue weighted by atomic mass is 10.0. The van der Waals surface area contributed by atoms with E-state index in [2.05, 4.69) is 10.6 Å². The van der Waals surface area contributed by atoms with Gasteiger partial charge in [0.1, 0.15) is 24.2 Å². The van der Waals surface area contributed by atoms with Gasteiger partial charge in [0, 0.05) is 6.42 Å². The number of hydrogen-bond donors (Lipinski definition) is 2. The van der Waals surface area contributed by atoms with Crippen molar-refractivity contribution in [2.24, 2.45) is 0 Å². The van der Waals surface area contributed by atoms with Crippen molar-refractivity contribution in [1.29, 1.82) is 0 Å². The molecule has 136 valence electrons. The summed E-state index contributed by atoms with van der Waals surface area (Å²) < 4.78 is 15.8. The standard InChI is InChI=1S/C17H22N2O6/c1-4-6-13(20)24-9-11-14(16(21)23-5-2)15(19-17(22)18-11)12-8-7-10(3)25-12/h7-8,15H,4-6,9H2,1-3H3,(H2,18,19,22)/t15-/m1/s1. The molecule has 1 aliphatic heterocycles. The first kappa shape index (κ1) is 18.6. The molecule has 0 bridgehead atoms. The van der Waals surface area contributed by atoms with Crippen molar-refractivity contribution in [3.05, 3.63) is 34.9 Å². The zero-order valence-corrected chi connectivity index (χ0v) is 14.5. The molecular weight excluding hydrogens is 328 g/mol. The number of urea groups is 1. The Morgan fingerprint density at radius 1 is 1.24 bits per heavy atom. The number of hydrogen-bond acceptors (Lipinski definition) is 6. The summed E-state index contributed by atoms with van der Waals surface area (Å²) in [7, 11) is 0. The SMILES string of the molecule is CCCC(=O)OCC1=C(C(=O)OCC)[C@@H](c2ccc(C)o2)NC(=O)N1. The molecule has 1 aliphatic rings. The molecule has 8 nitrogen and oxygen atoms in total. The number of carbonyl (C=O) groups excluding carboxylic acids is 3. The van der Waals surface area contributed by atoms with E-state index in [-0.39, 0.29) is 30.9 Å². The minimum atomic E-state index is -0.818. The molecule has 2 heterocycles. The summed E-state index contributed by atoms with van der Waals surface area (Å²) in [6.07, 6.45) is 0.903. The first-order valence-electron chi connectivity index (χ1n) is 8.15. The van der Waals surface area contributed by atoms with Crippen LogP contribution < -0.4 is 10.6 Å². The predicted molar refractivity (Wildman–Crippen MR) is 87.4 cm³/mol. The largest absolute Gasteiger partial charge is 0.464 e. The van der Waals surface area contributed by atoms with Gasteiger partial charge in [-0.15, -0.1) is 0 Å². The number of carbonyl (C=O) groups is 3. The fourth-order valence-electron chi connectivity index (χ4n) is 2.43. The normalized spacial score (nSPS) is 16.9. The van der Waals surface area contributed by atoms with Crippen molar-refractivity contribution in [2.45, 2.75) is 39.7 Å². The first-order chi connectivity index (χ1) is 12.0. The van der Waals surface area contributed by atoms with Gasteiger partial charge in [0.15, 0.2) is 0 Å². The van der Waals surface area contributed by atoms with E-state index in [9.17, 15) is 14.4 Å². The molecule has 0 radical (unpaired) electrons. The Bertz CT molecular complexity index is 691. The van der Waals surface area contributed by atoms with Gasteiger partial charge in [0.25, 0.3) is 0 Å². The second-order valence-corrected chi connectivity index (χ2v) is 5.50. The van der Waals surface area contributed by atoms with E-state index < -0.39 is 24.0 Å². The van der Waals surface area contributed by atoms with Gasteiger partial charge in [-0.25, -0.2) is 9.59 Å². The molecule has 0 fully saturated rings. The summed E-state index contributed by atoms with van der Waals surface area (Å²) in [6.45, 7) is 5.24. The lowest BCUT2D eigenvalue weighted by molar-refractivity contribution is -0.143. The first-order valence-corrected chi connectivity index (χ1v) is 8.15. The number of furan rings is 1. The quantitative estimate of drug-likeness (QED) is 0.729. The third-order valence-electron chi connectivity index (χ3n) is 3.53. The van der Waals surface area contributed by atoms with E-state index >= 15 is 0 Å². The number of aryl methyl sites for hydroxylation is 1. The summed E-state index contributed by atoms with van der Waals surface area (Å²) >= 11 is 0. The molecule has 1 aromatic rings. The van der Waals surface area contributed by atoms with E-state index in [0.29, 0.717) is 17.9 Å². The smallest absolute Gasteiger partial charge is 0.338 e. The van der Waals surface area contributed by atoms with Gasteiger partial charge < -0.3 is 24.5 Å². The average molecular weight is 350 g/mol. The van der Waals surface area contributed by atoms with Gasteiger partial charge in [-0.2, -0.15) is 0 Å². The molecule has 2 rings (SSSR count). The summed E-state index contributed by atoms with van der Waals surface area (Å²) in [6, 6.07) is 2.06. The van der Waals surface area contributed by atoms with E-state index in [1.54, 1.807) is 26.0 Å². The van der Waals surface area contributed by atoms with Gasteiger partial charge in [-0.1, -0.05) is 6.92 Å². The highest BCUT2D eigenvalue weighted by molar-refractivity contribution is 5.95. The number of esters is 2. The Morgan fingerprint density at radius 3 is 2.60 bits per heavy atom. The van der Waals surface area contributed by atoms with Gasteiger partial charge >= 0.3 is 18.0 Å². The number of nitrogens with one attached hydrogen (secondary N) is 2. The van der Waals surface area contributed by atoms with Gasteiger partial charge in [-0.05, 0) is 32.4 Å². The van der Waals surface area contributed by atoms with Crippen LogP contribution in [0.3, 0.4) is 0 Å². The third kappa shape index (κ3) is 4.62. The van der Waals surface area contributed by atoms with E-state index in [4.69, 9.17) is 13.9 Å². The molecule has 0 aliphatic carbocycles. The molecule has 8 heteroatoms. The van der Waals surface area contributed by atoms with Crippen LogP contribution in [0.2, 0.25) is 0 Å². The molecule has 25 heavy (non-hydrogen) atoms. The number of amides is 2. The van der Waals surface area contributed by atoms with Crippen molar-refractivity contribution >= 4 is 18.0 Å². The van der Waals surface area contributed by atoms with E-state index in [1.807, 2.05) is 6.92 Å². The summed E-state index contributed by atoms with van der Waals surface area (Å²) in [4.78, 5) is 36.0.